The Bertz CT molecular complexity index is 795. The number of rotatable bonds is 6. The summed E-state index contributed by atoms with van der Waals surface area (Å²) < 4.78 is 1.78. The lowest BCUT2D eigenvalue weighted by atomic mass is 10.0. The Balaban J connectivity index is 1.36. The summed E-state index contributed by atoms with van der Waals surface area (Å²) in [5.74, 6) is 3.28. The summed E-state index contributed by atoms with van der Waals surface area (Å²) in [6.07, 6.45) is 4.30. The van der Waals surface area contributed by atoms with Crippen LogP contribution in [0.1, 0.15) is 50.8 Å². The second-order valence-electron chi connectivity index (χ2n) is 8.48. The molecule has 1 aromatic carbocycles. The molecule has 0 bridgehead atoms. The minimum atomic E-state index is 0.244. The number of benzene rings is 1. The molecule has 1 amide bonds. The maximum atomic E-state index is 12.6. The normalized spacial score (nSPS) is 26.8. The molecule has 2 aliphatic rings. The Kier molecular flexibility index (Phi) is 4.33. The van der Waals surface area contributed by atoms with Crippen molar-refractivity contribution >= 4 is 5.91 Å². The van der Waals surface area contributed by atoms with E-state index in [0.717, 1.165) is 29.6 Å². The van der Waals surface area contributed by atoms with Crippen molar-refractivity contribution in [2.75, 3.05) is 7.05 Å². The zero-order valence-electron chi connectivity index (χ0n) is 16.1. The third kappa shape index (κ3) is 3.39. The zero-order valence-corrected chi connectivity index (χ0v) is 16.1. The van der Waals surface area contributed by atoms with Crippen LogP contribution in [0.3, 0.4) is 0 Å². The van der Waals surface area contributed by atoms with E-state index in [1.54, 1.807) is 4.68 Å². The Hall–Kier alpha value is -2.17. The van der Waals surface area contributed by atoms with Gasteiger partial charge in [0.2, 0.25) is 5.91 Å². The first kappa shape index (κ1) is 17.3. The Morgan fingerprint density at radius 3 is 2.54 bits per heavy atom. The van der Waals surface area contributed by atoms with Gasteiger partial charge in [0.05, 0.1) is 18.4 Å². The van der Waals surface area contributed by atoms with Crippen LogP contribution in [0, 0.1) is 23.7 Å². The standard InChI is InChI=1S/C21H28N4O/c1-13(2)15-5-7-17(8-6-15)25-12-16(22-23-25)11-24(4)21(26)20-10-19(20)18-9-14(18)3/h5-8,12-14,18-20H,9-11H2,1-4H3. The van der Waals surface area contributed by atoms with E-state index in [4.69, 9.17) is 0 Å². The van der Waals surface area contributed by atoms with Gasteiger partial charge in [-0.25, -0.2) is 4.68 Å². The van der Waals surface area contributed by atoms with Gasteiger partial charge in [0.25, 0.3) is 0 Å². The molecule has 4 atom stereocenters. The van der Waals surface area contributed by atoms with Gasteiger partial charge < -0.3 is 4.90 Å². The first-order valence-corrected chi connectivity index (χ1v) is 9.70. The highest BCUT2D eigenvalue weighted by molar-refractivity contribution is 5.81. The van der Waals surface area contributed by atoms with Gasteiger partial charge >= 0.3 is 0 Å². The second-order valence-corrected chi connectivity index (χ2v) is 8.48. The summed E-state index contributed by atoms with van der Waals surface area (Å²) in [7, 11) is 1.88. The lowest BCUT2D eigenvalue weighted by molar-refractivity contribution is -0.132. The summed E-state index contributed by atoms with van der Waals surface area (Å²) in [4.78, 5) is 14.4. The average Bonchev–Trinajstić information content (AvgIpc) is 3.51. The molecule has 138 valence electrons. The fourth-order valence-corrected chi connectivity index (χ4v) is 4.03. The smallest absolute Gasteiger partial charge is 0.226 e. The van der Waals surface area contributed by atoms with Crippen LogP contribution < -0.4 is 0 Å². The fraction of sp³-hybridized carbons (Fsp3) is 0.571. The number of amides is 1. The fourth-order valence-electron chi connectivity index (χ4n) is 4.03. The number of carbonyl (C=O) groups excluding carboxylic acids is 1. The maximum absolute atomic E-state index is 12.6. The van der Waals surface area contributed by atoms with E-state index in [-0.39, 0.29) is 11.8 Å². The maximum Gasteiger partial charge on any atom is 0.226 e. The highest BCUT2D eigenvalue weighted by atomic mass is 16.2. The Morgan fingerprint density at radius 2 is 1.92 bits per heavy atom. The van der Waals surface area contributed by atoms with Crippen LogP contribution in [-0.4, -0.2) is 32.8 Å². The first-order valence-electron chi connectivity index (χ1n) is 9.70. The second kappa shape index (κ2) is 6.53. The van der Waals surface area contributed by atoms with Crippen LogP contribution in [0.5, 0.6) is 0 Å². The van der Waals surface area contributed by atoms with Gasteiger partial charge in [0.1, 0.15) is 5.69 Å². The van der Waals surface area contributed by atoms with E-state index < -0.39 is 0 Å². The molecule has 0 radical (unpaired) electrons. The van der Waals surface area contributed by atoms with Crippen LogP contribution in [0.15, 0.2) is 30.5 Å². The molecule has 0 aliphatic heterocycles. The predicted molar refractivity (Wildman–Crippen MR) is 101 cm³/mol. The van der Waals surface area contributed by atoms with E-state index in [0.29, 0.717) is 18.4 Å². The van der Waals surface area contributed by atoms with Gasteiger partial charge in [-0.05, 0) is 54.2 Å². The molecule has 0 N–H and O–H groups in total. The molecule has 4 rings (SSSR count). The van der Waals surface area contributed by atoms with Crippen LogP contribution >= 0.6 is 0 Å². The Morgan fingerprint density at radius 1 is 1.23 bits per heavy atom. The predicted octanol–water partition coefficient (Wildman–Crippen LogP) is 3.64. The molecule has 2 aromatic rings. The average molecular weight is 352 g/mol. The molecule has 2 aliphatic carbocycles. The lowest BCUT2D eigenvalue weighted by Gasteiger charge is -2.15. The summed E-state index contributed by atoms with van der Waals surface area (Å²) in [6, 6.07) is 8.38. The molecule has 1 aromatic heterocycles. The topological polar surface area (TPSA) is 51.0 Å². The van der Waals surface area contributed by atoms with E-state index in [1.807, 2.05) is 18.1 Å². The summed E-state index contributed by atoms with van der Waals surface area (Å²) in [5, 5.41) is 8.48. The number of hydrogen-bond donors (Lipinski definition) is 0. The molecule has 4 unspecified atom stereocenters. The van der Waals surface area contributed by atoms with Gasteiger partial charge in [-0.2, -0.15) is 0 Å². The van der Waals surface area contributed by atoms with Crippen LogP contribution in [-0.2, 0) is 11.3 Å². The largest absolute Gasteiger partial charge is 0.339 e. The van der Waals surface area contributed by atoms with Crippen molar-refractivity contribution in [3.63, 3.8) is 0 Å². The lowest BCUT2D eigenvalue weighted by Crippen LogP contribution is -2.28. The summed E-state index contributed by atoms with van der Waals surface area (Å²) in [5.41, 5.74) is 3.13. The van der Waals surface area contributed by atoms with Crippen molar-refractivity contribution in [3.05, 3.63) is 41.7 Å². The highest BCUT2D eigenvalue weighted by Gasteiger charge is 2.55. The van der Waals surface area contributed by atoms with Crippen molar-refractivity contribution in [1.29, 1.82) is 0 Å². The number of carbonyl (C=O) groups is 1. The quantitative estimate of drug-likeness (QED) is 0.797. The van der Waals surface area contributed by atoms with Crippen molar-refractivity contribution < 1.29 is 4.79 Å². The number of aromatic nitrogens is 3. The molecular weight excluding hydrogens is 324 g/mol. The molecule has 0 spiro atoms. The van der Waals surface area contributed by atoms with Crippen molar-refractivity contribution in [3.8, 4) is 5.69 Å². The van der Waals surface area contributed by atoms with E-state index in [9.17, 15) is 4.79 Å². The first-order chi connectivity index (χ1) is 12.4. The van der Waals surface area contributed by atoms with E-state index in [1.165, 1.54) is 12.0 Å². The molecule has 1 heterocycles. The van der Waals surface area contributed by atoms with Gasteiger partial charge in [-0.1, -0.05) is 38.1 Å². The summed E-state index contributed by atoms with van der Waals surface area (Å²) >= 11 is 0. The van der Waals surface area contributed by atoms with Gasteiger partial charge in [-0.15, -0.1) is 5.10 Å². The van der Waals surface area contributed by atoms with E-state index >= 15 is 0 Å². The minimum absolute atomic E-state index is 0.244. The van der Waals surface area contributed by atoms with Gasteiger partial charge in [-0.3, -0.25) is 4.79 Å². The third-order valence-corrected chi connectivity index (χ3v) is 6.02. The molecule has 5 heteroatoms. The number of nitrogens with zero attached hydrogens (tertiary/aromatic N) is 4. The molecule has 2 saturated carbocycles. The Labute approximate surface area is 155 Å². The van der Waals surface area contributed by atoms with E-state index in [2.05, 4.69) is 55.3 Å². The van der Waals surface area contributed by atoms with Crippen molar-refractivity contribution in [1.82, 2.24) is 19.9 Å². The zero-order chi connectivity index (χ0) is 18.4. The monoisotopic (exact) mass is 352 g/mol. The number of hydrogen-bond acceptors (Lipinski definition) is 3. The van der Waals surface area contributed by atoms with Gasteiger partial charge in [0, 0.05) is 13.0 Å². The van der Waals surface area contributed by atoms with Crippen LogP contribution in [0.2, 0.25) is 0 Å². The van der Waals surface area contributed by atoms with Crippen LogP contribution in [0.4, 0.5) is 0 Å². The molecule has 2 fully saturated rings. The summed E-state index contributed by atoms with van der Waals surface area (Å²) in [6.45, 7) is 7.18. The van der Waals surface area contributed by atoms with Crippen molar-refractivity contribution in [2.24, 2.45) is 23.7 Å². The van der Waals surface area contributed by atoms with Gasteiger partial charge in [0.15, 0.2) is 0 Å². The molecular formula is C21H28N4O. The SMILES string of the molecule is CC(C)c1ccc(-n2cc(CN(C)C(=O)C3CC3C3CC3C)nn2)cc1. The highest BCUT2D eigenvalue weighted by Crippen LogP contribution is 2.58. The van der Waals surface area contributed by atoms with Crippen molar-refractivity contribution in [2.45, 2.75) is 46.1 Å². The molecule has 5 nitrogen and oxygen atoms in total. The minimum Gasteiger partial charge on any atom is -0.339 e. The molecule has 26 heavy (non-hydrogen) atoms. The third-order valence-electron chi connectivity index (χ3n) is 6.02. The molecule has 0 saturated heterocycles. The van der Waals surface area contributed by atoms with Crippen LogP contribution in [0.25, 0.3) is 5.69 Å².